The summed E-state index contributed by atoms with van der Waals surface area (Å²) in [5.74, 6) is 1.47. The van der Waals surface area contributed by atoms with Crippen LogP contribution in [-0.2, 0) is 24.6 Å². The third-order valence-electron chi connectivity index (χ3n) is 6.31. The van der Waals surface area contributed by atoms with Crippen LogP contribution >= 0.6 is 0 Å². The van der Waals surface area contributed by atoms with E-state index in [1.807, 2.05) is 54.6 Å². The Kier molecular flexibility index (Phi) is 10.3. The number of carbonyl (C=O) groups is 1. The zero-order chi connectivity index (χ0) is 29.0. The maximum atomic E-state index is 13.9. The molecule has 1 amide bonds. The van der Waals surface area contributed by atoms with Crippen molar-refractivity contribution < 1.29 is 23.4 Å². The van der Waals surface area contributed by atoms with Crippen LogP contribution in [-0.4, -0.2) is 26.1 Å². The molecular formula is C33H32FN3O4. The van der Waals surface area contributed by atoms with E-state index >= 15 is 0 Å². The molecule has 0 aliphatic rings. The maximum absolute atomic E-state index is 13.9. The van der Waals surface area contributed by atoms with Crippen molar-refractivity contribution in [1.29, 1.82) is 5.26 Å². The minimum Gasteiger partial charge on any atom is -0.496 e. The average Bonchev–Trinajstić information content (AvgIpc) is 2.99. The van der Waals surface area contributed by atoms with Crippen molar-refractivity contribution in [2.45, 2.75) is 26.7 Å². The molecule has 0 saturated carbocycles. The van der Waals surface area contributed by atoms with Gasteiger partial charge in [-0.3, -0.25) is 4.79 Å². The number of methoxy groups -OCH3 is 1. The first-order valence-electron chi connectivity index (χ1n) is 13.2. The zero-order valence-electron chi connectivity index (χ0n) is 23.1. The first kappa shape index (κ1) is 29.1. The summed E-state index contributed by atoms with van der Waals surface area (Å²) >= 11 is 0. The molecule has 210 valence electrons. The lowest BCUT2D eigenvalue weighted by atomic mass is 10.0. The second kappa shape index (κ2) is 14.5. The highest BCUT2D eigenvalue weighted by Gasteiger charge is 2.13. The van der Waals surface area contributed by atoms with E-state index in [4.69, 9.17) is 14.2 Å². The molecule has 4 aromatic carbocycles. The molecule has 0 atom stereocenters. The lowest BCUT2D eigenvalue weighted by Crippen LogP contribution is -2.30. The number of amides is 1. The van der Waals surface area contributed by atoms with Gasteiger partial charge < -0.3 is 24.8 Å². The fourth-order valence-corrected chi connectivity index (χ4v) is 4.33. The van der Waals surface area contributed by atoms with Crippen LogP contribution < -0.4 is 24.8 Å². The zero-order valence-corrected chi connectivity index (χ0v) is 23.1. The number of para-hydroxylation sites is 1. The summed E-state index contributed by atoms with van der Waals surface area (Å²) in [5.41, 5.74) is 4.67. The molecule has 0 aliphatic heterocycles. The summed E-state index contributed by atoms with van der Waals surface area (Å²) in [7, 11) is 1.59. The summed E-state index contributed by atoms with van der Waals surface area (Å²) in [6.45, 7) is 3.63. The summed E-state index contributed by atoms with van der Waals surface area (Å²) in [5, 5.41) is 15.3. The molecule has 0 saturated heterocycles. The first-order valence-corrected chi connectivity index (χ1v) is 13.2. The van der Waals surface area contributed by atoms with Gasteiger partial charge in [0.05, 0.1) is 18.7 Å². The highest BCUT2D eigenvalue weighted by molar-refractivity contribution is 5.73. The molecule has 0 heterocycles. The highest BCUT2D eigenvalue weighted by Crippen LogP contribution is 2.34. The Hall–Kier alpha value is -4.87. The Morgan fingerprint density at radius 1 is 0.902 bits per heavy atom. The summed E-state index contributed by atoms with van der Waals surface area (Å²) < 4.78 is 31.9. The molecule has 0 bridgehead atoms. The largest absolute Gasteiger partial charge is 0.496 e. The molecule has 4 rings (SSSR count). The minimum atomic E-state index is -0.317. The van der Waals surface area contributed by atoms with Gasteiger partial charge in [0, 0.05) is 49.3 Å². The van der Waals surface area contributed by atoms with Crippen molar-refractivity contribution in [3.63, 3.8) is 0 Å². The first-order chi connectivity index (χ1) is 20.0. The number of nitriles is 1. The van der Waals surface area contributed by atoms with Gasteiger partial charge in [0.25, 0.3) is 0 Å². The Morgan fingerprint density at radius 3 is 2.51 bits per heavy atom. The van der Waals surface area contributed by atoms with Gasteiger partial charge in [0.1, 0.15) is 36.3 Å². The van der Waals surface area contributed by atoms with Crippen molar-refractivity contribution >= 4 is 5.91 Å². The van der Waals surface area contributed by atoms with Crippen LogP contribution in [0.15, 0.2) is 84.9 Å². The SMILES string of the molecule is COc1c(COc2ccc(CNCCNC(C)=O)c(OCc3cccc(C#N)c3)c2)cccc1-c1cccc(F)c1. The van der Waals surface area contributed by atoms with Gasteiger partial charge in [-0.05, 0) is 41.5 Å². The van der Waals surface area contributed by atoms with Crippen LogP contribution in [0.2, 0.25) is 0 Å². The third-order valence-corrected chi connectivity index (χ3v) is 6.31. The van der Waals surface area contributed by atoms with E-state index in [1.54, 1.807) is 25.3 Å². The normalized spacial score (nSPS) is 10.5. The number of hydrogen-bond acceptors (Lipinski definition) is 6. The maximum Gasteiger partial charge on any atom is 0.216 e. The van der Waals surface area contributed by atoms with E-state index in [0.29, 0.717) is 42.4 Å². The fraction of sp³-hybridized carbons (Fsp3) is 0.212. The molecule has 2 N–H and O–H groups in total. The molecule has 0 unspecified atom stereocenters. The summed E-state index contributed by atoms with van der Waals surface area (Å²) in [6, 6.07) is 27.1. The molecule has 7 nitrogen and oxygen atoms in total. The average molecular weight is 554 g/mol. The predicted molar refractivity (Wildman–Crippen MR) is 155 cm³/mol. The second-order valence-electron chi connectivity index (χ2n) is 9.33. The number of nitrogens with zero attached hydrogens (tertiary/aromatic N) is 1. The lowest BCUT2D eigenvalue weighted by Gasteiger charge is -2.17. The molecular weight excluding hydrogens is 521 g/mol. The molecule has 0 radical (unpaired) electrons. The third kappa shape index (κ3) is 8.31. The number of benzene rings is 4. The molecule has 4 aromatic rings. The Bertz CT molecular complexity index is 1530. The van der Waals surface area contributed by atoms with Gasteiger partial charge in [-0.25, -0.2) is 4.39 Å². The molecule has 8 heteroatoms. The lowest BCUT2D eigenvalue weighted by molar-refractivity contribution is -0.118. The van der Waals surface area contributed by atoms with Gasteiger partial charge in [-0.15, -0.1) is 0 Å². The molecule has 0 aromatic heterocycles. The number of hydrogen-bond donors (Lipinski definition) is 2. The number of halogens is 1. The molecule has 41 heavy (non-hydrogen) atoms. The van der Waals surface area contributed by atoms with E-state index < -0.39 is 0 Å². The summed E-state index contributed by atoms with van der Waals surface area (Å²) in [6.07, 6.45) is 0. The predicted octanol–water partition coefficient (Wildman–Crippen LogP) is 5.76. The van der Waals surface area contributed by atoms with Crippen molar-refractivity contribution in [2.24, 2.45) is 0 Å². The Balaban J connectivity index is 1.51. The van der Waals surface area contributed by atoms with E-state index in [9.17, 15) is 14.4 Å². The minimum absolute atomic E-state index is 0.0741. The van der Waals surface area contributed by atoms with E-state index in [0.717, 1.165) is 27.8 Å². The van der Waals surface area contributed by atoms with Gasteiger partial charge in [-0.2, -0.15) is 5.26 Å². The topological polar surface area (TPSA) is 92.6 Å². The fourth-order valence-electron chi connectivity index (χ4n) is 4.33. The second-order valence-corrected chi connectivity index (χ2v) is 9.33. The van der Waals surface area contributed by atoms with Gasteiger partial charge in [0.15, 0.2) is 0 Å². The van der Waals surface area contributed by atoms with Crippen LogP contribution in [0.25, 0.3) is 11.1 Å². The van der Waals surface area contributed by atoms with E-state index in [-0.39, 0.29) is 24.9 Å². The van der Waals surface area contributed by atoms with Gasteiger partial charge in [-0.1, -0.05) is 48.5 Å². The standard InChI is InChI=1S/C33H32FN3O4/c1-23(38)37-15-14-36-20-27-12-13-30(18-32(27)41-21-25-7-3-6-24(16-25)19-35)40-22-28-9-5-11-31(33(28)39-2)26-8-4-10-29(34)17-26/h3-13,16-18,36H,14-15,20-22H2,1-2H3,(H,37,38). The van der Waals surface area contributed by atoms with Gasteiger partial charge >= 0.3 is 0 Å². The van der Waals surface area contributed by atoms with Gasteiger partial charge in [0.2, 0.25) is 5.91 Å². The van der Waals surface area contributed by atoms with Crippen LogP contribution in [0.3, 0.4) is 0 Å². The van der Waals surface area contributed by atoms with Crippen LogP contribution in [0.5, 0.6) is 17.2 Å². The monoisotopic (exact) mass is 553 g/mol. The van der Waals surface area contributed by atoms with Crippen LogP contribution in [0, 0.1) is 17.1 Å². The van der Waals surface area contributed by atoms with Crippen molar-refractivity contribution in [2.75, 3.05) is 20.2 Å². The highest BCUT2D eigenvalue weighted by atomic mass is 19.1. The molecule has 0 spiro atoms. The number of nitrogens with one attached hydrogen (secondary N) is 2. The van der Waals surface area contributed by atoms with Crippen molar-refractivity contribution in [3.05, 3.63) is 113 Å². The molecule has 0 fully saturated rings. The quantitative estimate of drug-likeness (QED) is 0.205. The number of ether oxygens (including phenoxy) is 3. The van der Waals surface area contributed by atoms with Crippen LogP contribution in [0.1, 0.15) is 29.2 Å². The Labute approximate surface area is 239 Å². The van der Waals surface area contributed by atoms with E-state index in [1.165, 1.54) is 19.1 Å². The van der Waals surface area contributed by atoms with Crippen molar-refractivity contribution in [3.8, 4) is 34.4 Å². The van der Waals surface area contributed by atoms with E-state index in [2.05, 4.69) is 16.7 Å². The Morgan fingerprint density at radius 2 is 1.73 bits per heavy atom. The number of carbonyl (C=O) groups excluding carboxylic acids is 1. The van der Waals surface area contributed by atoms with Crippen LogP contribution in [0.4, 0.5) is 4.39 Å². The number of rotatable bonds is 13. The summed E-state index contributed by atoms with van der Waals surface area (Å²) in [4.78, 5) is 11.1. The smallest absolute Gasteiger partial charge is 0.216 e. The van der Waals surface area contributed by atoms with Crippen molar-refractivity contribution in [1.82, 2.24) is 10.6 Å². The molecule has 0 aliphatic carbocycles.